The molecule has 3 heterocycles. The molecule has 29 heavy (non-hydrogen) atoms. The minimum absolute atomic E-state index is 0.0607. The predicted octanol–water partition coefficient (Wildman–Crippen LogP) is 5.42. The van der Waals surface area contributed by atoms with Gasteiger partial charge in [0.15, 0.2) is 5.82 Å². The van der Waals surface area contributed by atoms with Crippen molar-refractivity contribution >= 4 is 22.5 Å². The van der Waals surface area contributed by atoms with E-state index < -0.39 is 11.7 Å². The number of halogens is 3. The van der Waals surface area contributed by atoms with E-state index in [9.17, 15) is 13.2 Å². The van der Waals surface area contributed by atoms with Crippen molar-refractivity contribution in [3.8, 4) is 17.3 Å². The highest BCUT2D eigenvalue weighted by molar-refractivity contribution is 7.09. The van der Waals surface area contributed by atoms with E-state index in [0.29, 0.717) is 22.4 Å². The number of alkyl halides is 3. The summed E-state index contributed by atoms with van der Waals surface area (Å²) in [5, 5.41) is 3.13. The third kappa shape index (κ3) is 4.64. The highest BCUT2D eigenvalue weighted by Crippen LogP contribution is 2.36. The third-order valence-electron chi connectivity index (χ3n) is 4.32. The van der Waals surface area contributed by atoms with Gasteiger partial charge in [-0.15, -0.1) is 0 Å². The van der Waals surface area contributed by atoms with E-state index in [1.165, 1.54) is 6.20 Å². The van der Waals surface area contributed by atoms with Crippen LogP contribution >= 0.6 is 11.5 Å². The van der Waals surface area contributed by atoms with Gasteiger partial charge in [0.05, 0.1) is 17.9 Å². The molecule has 0 unspecified atom stereocenters. The van der Waals surface area contributed by atoms with Crippen molar-refractivity contribution < 1.29 is 17.9 Å². The quantitative estimate of drug-likeness (QED) is 0.573. The average Bonchev–Trinajstić information content (AvgIpc) is 3.37. The summed E-state index contributed by atoms with van der Waals surface area (Å²) in [4.78, 5) is 12.7. The van der Waals surface area contributed by atoms with Crippen molar-refractivity contribution in [2.75, 3.05) is 5.32 Å². The number of nitrogens with zero attached hydrogens (tertiary/aromatic N) is 4. The third-order valence-corrected chi connectivity index (χ3v) is 4.95. The van der Waals surface area contributed by atoms with E-state index in [1.54, 1.807) is 32.2 Å². The summed E-state index contributed by atoms with van der Waals surface area (Å²) in [5.74, 6) is 0.842. The number of pyridine rings is 2. The molecule has 0 aromatic carbocycles. The van der Waals surface area contributed by atoms with Gasteiger partial charge in [0.25, 0.3) is 0 Å². The van der Waals surface area contributed by atoms with Gasteiger partial charge in [-0.25, -0.2) is 9.97 Å². The van der Waals surface area contributed by atoms with E-state index in [0.717, 1.165) is 30.4 Å². The van der Waals surface area contributed by atoms with Crippen molar-refractivity contribution in [2.45, 2.75) is 44.9 Å². The Bertz CT molecular complexity index is 1000. The second-order valence-electron chi connectivity index (χ2n) is 7.05. The average molecular weight is 421 g/mol. The Morgan fingerprint density at radius 1 is 1.17 bits per heavy atom. The van der Waals surface area contributed by atoms with E-state index >= 15 is 0 Å². The summed E-state index contributed by atoms with van der Waals surface area (Å²) in [5.41, 5.74) is -0.00194. The molecule has 3 aromatic rings. The van der Waals surface area contributed by atoms with E-state index in [-0.39, 0.29) is 23.4 Å². The highest BCUT2D eigenvalue weighted by Gasteiger charge is 2.34. The molecule has 1 fully saturated rings. The van der Waals surface area contributed by atoms with E-state index in [2.05, 4.69) is 24.6 Å². The number of rotatable bonds is 6. The van der Waals surface area contributed by atoms with Crippen molar-refractivity contribution in [1.82, 2.24) is 19.3 Å². The summed E-state index contributed by atoms with van der Waals surface area (Å²) in [7, 11) is 0. The molecule has 4 rings (SSSR count). The SMILES string of the molecule is CC(C)c1cnc(Nc2nc(-c3ccc(OC4CC4)cn3)ns2)cc1C(F)(F)F. The Labute approximate surface area is 169 Å². The molecule has 0 saturated heterocycles. The maximum atomic E-state index is 13.4. The van der Waals surface area contributed by atoms with Crippen LogP contribution in [0.1, 0.15) is 43.7 Å². The molecule has 0 bridgehead atoms. The fraction of sp³-hybridized carbons (Fsp3) is 0.368. The molecule has 0 spiro atoms. The lowest BCUT2D eigenvalue weighted by Crippen LogP contribution is -2.11. The van der Waals surface area contributed by atoms with Crippen LogP contribution in [0.2, 0.25) is 0 Å². The number of hydrogen-bond acceptors (Lipinski definition) is 7. The van der Waals surface area contributed by atoms with Crippen molar-refractivity contribution in [3.05, 3.63) is 41.7 Å². The highest BCUT2D eigenvalue weighted by atomic mass is 32.1. The molecule has 1 saturated carbocycles. The summed E-state index contributed by atoms with van der Waals surface area (Å²) >= 11 is 1.02. The van der Waals surface area contributed by atoms with Gasteiger partial charge < -0.3 is 10.1 Å². The molecule has 0 atom stereocenters. The van der Waals surface area contributed by atoms with Gasteiger partial charge in [0.2, 0.25) is 5.13 Å². The van der Waals surface area contributed by atoms with Crippen molar-refractivity contribution in [2.24, 2.45) is 0 Å². The lowest BCUT2D eigenvalue weighted by molar-refractivity contribution is -0.138. The van der Waals surface area contributed by atoms with E-state index in [4.69, 9.17) is 4.74 Å². The largest absolute Gasteiger partial charge is 0.489 e. The Balaban J connectivity index is 1.51. The Hall–Kier alpha value is -2.75. The smallest absolute Gasteiger partial charge is 0.416 e. The second kappa shape index (κ2) is 7.58. The standard InChI is InChI=1S/C19H18F3N5OS/c1-10(2)13-9-24-16(7-14(13)19(20,21)22)25-18-26-17(27-29-18)15-6-5-12(8-23-15)28-11-3-4-11/h5-11H,3-4H2,1-2H3,(H,24,25,26,27). The van der Waals surface area contributed by atoms with Crippen LogP contribution in [-0.4, -0.2) is 25.4 Å². The number of anilines is 2. The maximum absolute atomic E-state index is 13.4. The maximum Gasteiger partial charge on any atom is 0.416 e. The van der Waals surface area contributed by atoms with Crippen LogP contribution in [0.4, 0.5) is 24.1 Å². The number of aromatic nitrogens is 4. The molecule has 0 aliphatic heterocycles. The van der Waals surface area contributed by atoms with Crippen LogP contribution in [-0.2, 0) is 6.18 Å². The molecule has 1 N–H and O–H groups in total. The molecule has 1 aliphatic carbocycles. The van der Waals surface area contributed by atoms with Gasteiger partial charge in [-0.1, -0.05) is 13.8 Å². The number of nitrogens with one attached hydrogen (secondary N) is 1. The summed E-state index contributed by atoms with van der Waals surface area (Å²) in [6.07, 6.45) is 0.812. The Morgan fingerprint density at radius 3 is 2.59 bits per heavy atom. The van der Waals surface area contributed by atoms with Crippen LogP contribution < -0.4 is 10.1 Å². The van der Waals surface area contributed by atoms with Crippen LogP contribution in [0.15, 0.2) is 30.6 Å². The summed E-state index contributed by atoms with van der Waals surface area (Å²) < 4.78 is 50.0. The number of hydrogen-bond donors (Lipinski definition) is 1. The molecular weight excluding hydrogens is 403 g/mol. The molecule has 10 heteroatoms. The molecular formula is C19H18F3N5OS. The van der Waals surface area contributed by atoms with Gasteiger partial charge in [-0.3, -0.25) is 0 Å². The topological polar surface area (TPSA) is 72.8 Å². The zero-order chi connectivity index (χ0) is 20.6. The zero-order valence-corrected chi connectivity index (χ0v) is 16.5. The Morgan fingerprint density at radius 2 is 1.97 bits per heavy atom. The van der Waals surface area contributed by atoms with Gasteiger partial charge >= 0.3 is 6.18 Å². The van der Waals surface area contributed by atoms with Gasteiger partial charge in [0, 0.05) is 17.7 Å². The Kier molecular flexibility index (Phi) is 5.12. The lowest BCUT2D eigenvalue weighted by Gasteiger charge is -2.16. The summed E-state index contributed by atoms with van der Waals surface area (Å²) in [6, 6.07) is 4.55. The van der Waals surface area contributed by atoms with Crippen LogP contribution in [0.5, 0.6) is 5.75 Å². The molecule has 6 nitrogen and oxygen atoms in total. The van der Waals surface area contributed by atoms with Gasteiger partial charge in [-0.2, -0.15) is 22.5 Å². The van der Waals surface area contributed by atoms with Crippen molar-refractivity contribution in [1.29, 1.82) is 0 Å². The first kappa shape index (κ1) is 19.6. The zero-order valence-electron chi connectivity index (χ0n) is 15.7. The van der Waals surface area contributed by atoms with E-state index in [1.807, 2.05) is 0 Å². The first-order valence-electron chi connectivity index (χ1n) is 9.10. The molecule has 1 aliphatic rings. The number of ether oxygens (including phenoxy) is 1. The molecule has 0 radical (unpaired) electrons. The van der Waals surface area contributed by atoms with Gasteiger partial charge in [-0.05, 0) is 42.5 Å². The van der Waals surface area contributed by atoms with Crippen molar-refractivity contribution in [3.63, 3.8) is 0 Å². The fourth-order valence-electron chi connectivity index (χ4n) is 2.69. The minimum atomic E-state index is -4.46. The molecule has 152 valence electrons. The molecule has 3 aromatic heterocycles. The first-order valence-corrected chi connectivity index (χ1v) is 9.88. The fourth-order valence-corrected chi connectivity index (χ4v) is 3.27. The monoisotopic (exact) mass is 421 g/mol. The van der Waals surface area contributed by atoms with Crippen LogP contribution in [0.25, 0.3) is 11.5 Å². The second-order valence-corrected chi connectivity index (χ2v) is 7.81. The normalized spacial score (nSPS) is 14.3. The van der Waals surface area contributed by atoms with Crippen LogP contribution in [0.3, 0.4) is 0 Å². The summed E-state index contributed by atoms with van der Waals surface area (Å²) in [6.45, 7) is 3.40. The van der Waals surface area contributed by atoms with Gasteiger partial charge in [0.1, 0.15) is 17.3 Å². The van der Waals surface area contributed by atoms with Crippen LogP contribution in [0, 0.1) is 0 Å². The molecule has 0 amide bonds. The lowest BCUT2D eigenvalue weighted by atomic mass is 9.99. The first-order chi connectivity index (χ1) is 13.8. The predicted molar refractivity (Wildman–Crippen MR) is 103 cm³/mol. The minimum Gasteiger partial charge on any atom is -0.489 e.